The lowest BCUT2D eigenvalue weighted by atomic mass is 9.94. The number of nitrogens with one attached hydrogen (secondary N) is 3. The Morgan fingerprint density at radius 1 is 0.720 bits per heavy atom. The molecule has 0 aromatic heterocycles. The van der Waals surface area contributed by atoms with Gasteiger partial charge in [-0.1, -0.05) is 68.2 Å². The SMILES string of the molecule is CCC(C)C1OC(=O)CCNC(=O)[C@H](C)N(C)C(=O)[C@H](C(C)C)N(C)C(=O)[C@H]([C@@H](C)CC)NC(=O)[C@@H]2CCCN2C(=O)[C@H]([C@@H](C)CC)NC1=O. The maximum absolute atomic E-state index is 14.2. The number of nitrogens with zero attached hydrogens (tertiary/aromatic N) is 3. The number of carbonyl (C=O) groups is 7. The molecule has 2 unspecified atom stereocenters. The Morgan fingerprint density at radius 3 is 1.80 bits per heavy atom. The monoisotopic (exact) mass is 706 g/mol. The minimum absolute atomic E-state index is 0.0918. The van der Waals surface area contributed by atoms with E-state index in [1.807, 2.05) is 34.6 Å². The van der Waals surface area contributed by atoms with Crippen LogP contribution in [0.5, 0.6) is 0 Å². The topological polar surface area (TPSA) is 175 Å². The van der Waals surface area contributed by atoms with Crippen LogP contribution in [0.3, 0.4) is 0 Å². The molecule has 0 bridgehead atoms. The summed E-state index contributed by atoms with van der Waals surface area (Å²) < 4.78 is 5.64. The van der Waals surface area contributed by atoms with Gasteiger partial charge >= 0.3 is 5.97 Å². The van der Waals surface area contributed by atoms with E-state index in [1.54, 1.807) is 27.7 Å². The molecule has 0 saturated carbocycles. The summed E-state index contributed by atoms with van der Waals surface area (Å²) in [7, 11) is 3.00. The van der Waals surface area contributed by atoms with E-state index in [2.05, 4.69) is 16.0 Å². The van der Waals surface area contributed by atoms with Gasteiger partial charge in [0.1, 0.15) is 30.2 Å². The first-order valence-electron chi connectivity index (χ1n) is 18.3. The zero-order valence-corrected chi connectivity index (χ0v) is 32.0. The van der Waals surface area contributed by atoms with E-state index in [9.17, 15) is 33.6 Å². The van der Waals surface area contributed by atoms with E-state index in [1.165, 1.54) is 28.8 Å². The molecule has 14 heteroatoms. The maximum Gasteiger partial charge on any atom is 0.308 e. The fraction of sp³-hybridized carbons (Fsp3) is 0.806. The van der Waals surface area contributed by atoms with Gasteiger partial charge in [0.2, 0.25) is 29.5 Å². The average molecular weight is 707 g/mol. The first-order valence-corrected chi connectivity index (χ1v) is 18.3. The molecule has 2 heterocycles. The summed E-state index contributed by atoms with van der Waals surface area (Å²) in [4.78, 5) is 100.0. The molecule has 2 aliphatic rings. The second-order valence-electron chi connectivity index (χ2n) is 14.5. The minimum Gasteiger partial charge on any atom is -0.452 e. The number of hydrogen-bond acceptors (Lipinski definition) is 8. The van der Waals surface area contributed by atoms with Crippen molar-refractivity contribution in [3.63, 3.8) is 0 Å². The predicted octanol–water partition coefficient (Wildman–Crippen LogP) is 1.85. The van der Waals surface area contributed by atoms with Gasteiger partial charge in [-0.25, -0.2) is 0 Å². The number of rotatable bonds is 7. The summed E-state index contributed by atoms with van der Waals surface area (Å²) in [6, 6.07) is -4.72. The molecule has 0 aromatic carbocycles. The van der Waals surface area contributed by atoms with Crippen LogP contribution in [-0.4, -0.2) is 120 Å². The van der Waals surface area contributed by atoms with Crippen LogP contribution in [0.4, 0.5) is 0 Å². The van der Waals surface area contributed by atoms with Crippen LogP contribution in [0.1, 0.15) is 101 Å². The van der Waals surface area contributed by atoms with Gasteiger partial charge in [-0.3, -0.25) is 33.6 Å². The summed E-state index contributed by atoms with van der Waals surface area (Å²) in [6.45, 7) is 16.5. The summed E-state index contributed by atoms with van der Waals surface area (Å²) in [5, 5.41) is 8.43. The van der Waals surface area contributed by atoms with Crippen LogP contribution in [0.2, 0.25) is 0 Å². The fourth-order valence-electron chi connectivity index (χ4n) is 6.44. The van der Waals surface area contributed by atoms with Crippen molar-refractivity contribution in [2.75, 3.05) is 27.2 Å². The standard InChI is InChI=1S/C36H62N6O8/c1-12-21(6)27-34(47)41(11)29(20(4)5)36(49)40(10)24(9)31(44)37-18-17-26(43)50-30(23(8)14-3)33(46)39-28(22(7)13-2)35(48)42-19-15-16-25(42)32(45)38-27/h20-25,27-30H,12-19H2,1-11H3,(H,37,44)(H,38,45)(H,39,46)/t21-,22-,23?,24-,25-,27-,28-,29-,30?/m0/s1. The van der Waals surface area contributed by atoms with Crippen molar-refractivity contribution in [2.45, 2.75) is 137 Å². The number of ether oxygens (including phenoxy) is 1. The lowest BCUT2D eigenvalue weighted by molar-refractivity contribution is -0.160. The molecular formula is C36H62N6O8. The maximum atomic E-state index is 14.2. The fourth-order valence-corrected chi connectivity index (χ4v) is 6.44. The van der Waals surface area contributed by atoms with Crippen LogP contribution in [0, 0.1) is 23.7 Å². The Kier molecular flexibility index (Phi) is 16.2. The Balaban J connectivity index is 2.62. The third kappa shape index (κ3) is 10.2. The zero-order chi connectivity index (χ0) is 38.0. The quantitative estimate of drug-likeness (QED) is 0.337. The first kappa shape index (κ1) is 42.5. The molecule has 14 nitrogen and oxygen atoms in total. The van der Waals surface area contributed by atoms with E-state index in [0.29, 0.717) is 38.6 Å². The molecule has 0 aromatic rings. The third-order valence-electron chi connectivity index (χ3n) is 10.7. The summed E-state index contributed by atoms with van der Waals surface area (Å²) >= 11 is 0. The summed E-state index contributed by atoms with van der Waals surface area (Å²) in [5.41, 5.74) is 0. The van der Waals surface area contributed by atoms with Gasteiger partial charge in [0.25, 0.3) is 5.91 Å². The number of carbonyl (C=O) groups excluding carboxylic acids is 7. The lowest BCUT2D eigenvalue weighted by Crippen LogP contribution is -2.61. The zero-order valence-electron chi connectivity index (χ0n) is 32.0. The first-order chi connectivity index (χ1) is 23.4. The molecule has 2 fully saturated rings. The van der Waals surface area contributed by atoms with Gasteiger partial charge in [0.15, 0.2) is 6.10 Å². The molecule has 0 radical (unpaired) electrons. The molecular weight excluding hydrogens is 644 g/mol. The van der Waals surface area contributed by atoms with Crippen LogP contribution in [-0.2, 0) is 38.3 Å². The molecule has 284 valence electrons. The lowest BCUT2D eigenvalue weighted by Gasteiger charge is -2.38. The predicted molar refractivity (Wildman–Crippen MR) is 188 cm³/mol. The molecule has 3 N–H and O–H groups in total. The van der Waals surface area contributed by atoms with Crippen molar-refractivity contribution in [3.05, 3.63) is 0 Å². The smallest absolute Gasteiger partial charge is 0.308 e. The van der Waals surface area contributed by atoms with Crippen LogP contribution in [0.25, 0.3) is 0 Å². The van der Waals surface area contributed by atoms with Gasteiger partial charge in [-0.2, -0.15) is 0 Å². The molecule has 2 rings (SSSR count). The third-order valence-corrected chi connectivity index (χ3v) is 10.7. The molecule has 0 aliphatic carbocycles. The van der Waals surface area contributed by atoms with Gasteiger partial charge in [0, 0.05) is 33.1 Å². The van der Waals surface area contributed by atoms with Crippen molar-refractivity contribution in [1.29, 1.82) is 0 Å². The van der Waals surface area contributed by atoms with E-state index < -0.39 is 77.7 Å². The summed E-state index contributed by atoms with van der Waals surface area (Å²) in [5.74, 6) is -4.97. The van der Waals surface area contributed by atoms with E-state index in [0.717, 1.165) is 0 Å². The Labute approximate surface area is 298 Å². The van der Waals surface area contributed by atoms with Crippen LogP contribution >= 0.6 is 0 Å². The highest BCUT2D eigenvalue weighted by Crippen LogP contribution is 2.24. The number of amides is 6. The van der Waals surface area contributed by atoms with Crippen molar-refractivity contribution in [3.8, 4) is 0 Å². The van der Waals surface area contributed by atoms with Gasteiger partial charge in [-0.05, 0) is 43.9 Å². The van der Waals surface area contributed by atoms with Crippen LogP contribution < -0.4 is 16.0 Å². The molecule has 6 amide bonds. The van der Waals surface area contributed by atoms with E-state index in [4.69, 9.17) is 4.74 Å². The Bertz CT molecular complexity index is 1240. The van der Waals surface area contributed by atoms with Crippen molar-refractivity contribution in [2.24, 2.45) is 23.7 Å². The van der Waals surface area contributed by atoms with Crippen molar-refractivity contribution < 1.29 is 38.3 Å². The van der Waals surface area contributed by atoms with Gasteiger partial charge in [0.05, 0.1) is 6.42 Å². The number of cyclic esters (lactones) is 1. The molecule has 9 atom stereocenters. The van der Waals surface area contributed by atoms with E-state index >= 15 is 0 Å². The highest BCUT2D eigenvalue weighted by atomic mass is 16.5. The van der Waals surface area contributed by atoms with Crippen LogP contribution in [0.15, 0.2) is 0 Å². The van der Waals surface area contributed by atoms with Gasteiger partial charge in [-0.15, -0.1) is 0 Å². The number of likely N-dealkylation sites (N-methyl/N-ethyl adjacent to an activating group) is 2. The molecule has 2 saturated heterocycles. The minimum atomic E-state index is -1.19. The number of fused-ring (bicyclic) bond motifs is 1. The van der Waals surface area contributed by atoms with Gasteiger partial charge < -0.3 is 35.4 Å². The van der Waals surface area contributed by atoms with Crippen molar-refractivity contribution in [1.82, 2.24) is 30.7 Å². The highest BCUT2D eigenvalue weighted by molar-refractivity contribution is 5.97. The van der Waals surface area contributed by atoms with E-state index in [-0.39, 0.29) is 36.6 Å². The van der Waals surface area contributed by atoms with Crippen molar-refractivity contribution >= 4 is 41.4 Å². The summed E-state index contributed by atoms with van der Waals surface area (Å²) in [6.07, 6.45) is 1.14. The normalized spacial score (nSPS) is 29.3. The number of hydrogen-bond donors (Lipinski definition) is 3. The largest absolute Gasteiger partial charge is 0.452 e. The highest BCUT2D eigenvalue weighted by Gasteiger charge is 2.43. The average Bonchev–Trinajstić information content (AvgIpc) is 3.59. The molecule has 0 spiro atoms. The Morgan fingerprint density at radius 2 is 1.26 bits per heavy atom. The Hall–Kier alpha value is -3.71. The number of esters is 1. The molecule has 50 heavy (non-hydrogen) atoms. The second kappa shape index (κ2) is 19.1. The molecule has 2 aliphatic heterocycles. The second-order valence-corrected chi connectivity index (χ2v) is 14.5.